The van der Waals surface area contributed by atoms with E-state index >= 15 is 0 Å². The van der Waals surface area contributed by atoms with Crippen LogP contribution >= 0.6 is 7.75 Å². The highest BCUT2D eigenvalue weighted by Gasteiger charge is 2.29. The molecule has 0 saturated heterocycles. The summed E-state index contributed by atoms with van der Waals surface area (Å²) in [7, 11) is -3.79. The zero-order chi connectivity index (χ0) is 15.8. The summed E-state index contributed by atoms with van der Waals surface area (Å²) >= 11 is 0. The van der Waals surface area contributed by atoms with E-state index in [9.17, 15) is 4.57 Å². The summed E-state index contributed by atoms with van der Waals surface area (Å²) in [5, 5.41) is 0. The van der Waals surface area contributed by atoms with Crippen molar-refractivity contribution in [3.63, 3.8) is 0 Å². The van der Waals surface area contributed by atoms with E-state index in [0.29, 0.717) is 18.1 Å². The molecule has 0 bridgehead atoms. The Balaban J connectivity index is 2.27. The van der Waals surface area contributed by atoms with Crippen molar-refractivity contribution in [3.05, 3.63) is 60.7 Å². The van der Waals surface area contributed by atoms with Crippen LogP contribution in [-0.2, 0) is 9.30 Å². The first-order valence-electron chi connectivity index (χ1n) is 6.90. The van der Waals surface area contributed by atoms with Gasteiger partial charge in [-0.15, -0.1) is 4.76 Å². The molecular weight excluding hydrogens is 301 g/mol. The molecule has 116 valence electrons. The molecule has 0 amide bonds. The Hall–Kier alpha value is -2.26. The molecule has 0 radical (unpaired) electrons. The van der Waals surface area contributed by atoms with E-state index in [1.165, 1.54) is 0 Å². The average molecular weight is 319 g/mol. The molecule has 2 aromatic carbocycles. The zero-order valence-corrected chi connectivity index (χ0v) is 13.4. The normalized spacial score (nSPS) is 11.8. The fourth-order valence-electron chi connectivity index (χ4n) is 1.70. The first-order chi connectivity index (χ1) is 10.6. The van der Waals surface area contributed by atoms with Crippen molar-refractivity contribution >= 4 is 13.6 Å². The van der Waals surface area contributed by atoms with Gasteiger partial charge in [0.25, 0.3) is 0 Å². The van der Waals surface area contributed by atoms with Gasteiger partial charge in [-0.05, 0) is 31.2 Å². The molecule has 2 aromatic rings. The average Bonchev–Trinajstić information content (AvgIpc) is 2.49. The van der Waals surface area contributed by atoms with Gasteiger partial charge in [0.15, 0.2) is 5.90 Å². The Morgan fingerprint density at radius 1 is 0.955 bits per heavy atom. The molecule has 0 N–H and O–H groups in total. The zero-order valence-electron chi connectivity index (χ0n) is 12.5. The number of rotatable bonds is 6. The van der Waals surface area contributed by atoms with E-state index in [1.54, 1.807) is 55.5 Å². The molecule has 0 aliphatic heterocycles. The maximum Gasteiger partial charge on any atom is 0.566 e. The van der Waals surface area contributed by atoms with E-state index in [0.717, 1.165) is 0 Å². The highest BCUT2D eigenvalue weighted by Crippen LogP contribution is 2.50. The molecule has 6 heteroatoms. The summed E-state index contributed by atoms with van der Waals surface area (Å²) in [6.07, 6.45) is 0. The molecule has 0 atom stereocenters. The highest BCUT2D eigenvalue weighted by molar-refractivity contribution is 7.53. The lowest BCUT2D eigenvalue weighted by Gasteiger charge is -2.16. The number of para-hydroxylation sites is 2. The summed E-state index contributed by atoms with van der Waals surface area (Å²) in [5.41, 5.74) is 0. The van der Waals surface area contributed by atoms with Crippen molar-refractivity contribution in [3.8, 4) is 11.5 Å². The van der Waals surface area contributed by atoms with E-state index in [1.807, 2.05) is 19.1 Å². The van der Waals surface area contributed by atoms with Crippen LogP contribution in [0.5, 0.6) is 11.5 Å². The third-order valence-corrected chi connectivity index (χ3v) is 3.95. The predicted octanol–water partition coefficient (Wildman–Crippen LogP) is 4.71. The third-order valence-electron chi connectivity index (χ3n) is 2.54. The molecule has 22 heavy (non-hydrogen) atoms. The lowest BCUT2D eigenvalue weighted by Crippen LogP contribution is -2.04. The van der Waals surface area contributed by atoms with Crippen molar-refractivity contribution in [2.45, 2.75) is 13.8 Å². The molecule has 5 nitrogen and oxygen atoms in total. The number of hydrogen-bond acceptors (Lipinski definition) is 4. The minimum atomic E-state index is -3.79. The van der Waals surface area contributed by atoms with Gasteiger partial charge in [-0.25, -0.2) is 4.57 Å². The quantitative estimate of drug-likeness (QED) is 0.439. The van der Waals surface area contributed by atoms with Gasteiger partial charge in [0.1, 0.15) is 11.5 Å². The van der Waals surface area contributed by atoms with Crippen molar-refractivity contribution in [1.29, 1.82) is 0 Å². The number of benzene rings is 2. The number of ether oxygens (including phenoxy) is 1. The largest absolute Gasteiger partial charge is 0.566 e. The van der Waals surface area contributed by atoms with Crippen LogP contribution in [0.2, 0.25) is 0 Å². The monoisotopic (exact) mass is 319 g/mol. The second kappa shape index (κ2) is 7.66. The maximum atomic E-state index is 12.9. The Morgan fingerprint density at radius 3 is 1.82 bits per heavy atom. The fraction of sp³-hybridized carbons (Fsp3) is 0.188. The summed E-state index contributed by atoms with van der Waals surface area (Å²) in [5.74, 6) is 1.07. The lowest BCUT2D eigenvalue weighted by atomic mass is 10.3. The molecule has 0 aromatic heterocycles. The van der Waals surface area contributed by atoms with Crippen molar-refractivity contribution in [1.82, 2.24) is 0 Å². The van der Waals surface area contributed by atoms with Gasteiger partial charge in [0.2, 0.25) is 0 Å². The van der Waals surface area contributed by atoms with Crippen LogP contribution < -0.4 is 9.05 Å². The second-order valence-corrected chi connectivity index (χ2v) is 5.83. The summed E-state index contributed by atoms with van der Waals surface area (Å²) in [6.45, 7) is 3.85. The highest BCUT2D eigenvalue weighted by atomic mass is 31.2. The molecule has 0 fully saturated rings. The van der Waals surface area contributed by atoms with E-state index in [-0.39, 0.29) is 5.90 Å². The van der Waals surface area contributed by atoms with Gasteiger partial charge >= 0.3 is 7.75 Å². The van der Waals surface area contributed by atoms with Crippen LogP contribution in [0.15, 0.2) is 65.4 Å². The summed E-state index contributed by atoms with van der Waals surface area (Å²) in [4.78, 5) is 0. The summed E-state index contributed by atoms with van der Waals surface area (Å²) < 4.78 is 33.1. The van der Waals surface area contributed by atoms with Crippen LogP contribution in [0, 0.1) is 0 Å². The molecular formula is C16H18NO4P. The summed E-state index contributed by atoms with van der Waals surface area (Å²) in [6, 6.07) is 17.5. The Kier molecular flexibility index (Phi) is 5.61. The molecule has 0 spiro atoms. The van der Waals surface area contributed by atoms with Gasteiger partial charge in [0.05, 0.1) is 6.61 Å². The molecule has 2 rings (SSSR count). The Bertz CT molecular complexity index is 613. The SMILES string of the molecule is CCOC(C)=NP(=O)(Oc1ccccc1)Oc1ccccc1. The van der Waals surface area contributed by atoms with Gasteiger partial charge in [-0.2, -0.15) is 0 Å². The van der Waals surface area contributed by atoms with E-state index in [2.05, 4.69) is 4.76 Å². The third kappa shape index (κ3) is 4.93. The topological polar surface area (TPSA) is 57.1 Å². The Labute approximate surface area is 130 Å². The van der Waals surface area contributed by atoms with Crippen LogP contribution in [-0.4, -0.2) is 12.5 Å². The van der Waals surface area contributed by atoms with Crippen LogP contribution in [0.1, 0.15) is 13.8 Å². The van der Waals surface area contributed by atoms with Gasteiger partial charge < -0.3 is 13.8 Å². The van der Waals surface area contributed by atoms with Crippen molar-refractivity contribution < 1.29 is 18.3 Å². The number of nitrogens with zero attached hydrogens (tertiary/aromatic N) is 1. The predicted molar refractivity (Wildman–Crippen MR) is 86.5 cm³/mol. The molecule has 0 heterocycles. The lowest BCUT2D eigenvalue weighted by molar-refractivity contribution is 0.322. The van der Waals surface area contributed by atoms with E-state index in [4.69, 9.17) is 13.8 Å². The molecule has 0 unspecified atom stereocenters. The van der Waals surface area contributed by atoms with Gasteiger partial charge in [0, 0.05) is 6.92 Å². The second-order valence-electron chi connectivity index (χ2n) is 4.33. The van der Waals surface area contributed by atoms with Gasteiger partial charge in [-0.1, -0.05) is 36.4 Å². The number of hydrogen-bond donors (Lipinski definition) is 0. The first kappa shape index (κ1) is 16.1. The van der Waals surface area contributed by atoms with Crippen LogP contribution in [0.4, 0.5) is 0 Å². The van der Waals surface area contributed by atoms with Crippen molar-refractivity contribution in [2.24, 2.45) is 4.76 Å². The van der Waals surface area contributed by atoms with Crippen LogP contribution in [0.25, 0.3) is 0 Å². The minimum Gasteiger partial charge on any atom is -0.481 e. The smallest absolute Gasteiger partial charge is 0.481 e. The van der Waals surface area contributed by atoms with Crippen molar-refractivity contribution in [2.75, 3.05) is 6.61 Å². The van der Waals surface area contributed by atoms with E-state index < -0.39 is 7.75 Å². The molecule has 0 aliphatic rings. The fourth-order valence-corrected chi connectivity index (χ4v) is 3.00. The molecule has 0 saturated carbocycles. The minimum absolute atomic E-state index is 0.248. The van der Waals surface area contributed by atoms with Gasteiger partial charge in [-0.3, -0.25) is 0 Å². The first-order valence-corrected chi connectivity index (χ1v) is 8.40. The van der Waals surface area contributed by atoms with Crippen LogP contribution in [0.3, 0.4) is 0 Å². The molecule has 0 aliphatic carbocycles. The Morgan fingerprint density at radius 2 is 1.41 bits per heavy atom. The maximum absolute atomic E-state index is 12.9. The standard InChI is InChI=1S/C16H18NO4P/c1-3-19-14(2)17-22(18,20-15-10-6-4-7-11-15)21-16-12-8-5-9-13-16/h4-13H,3H2,1-2H3.